The minimum Gasteiger partial charge on any atom is -0.463 e. The van der Waals surface area contributed by atoms with Crippen LogP contribution in [0, 0.1) is 0 Å². The molecule has 0 spiro atoms. The molecule has 4 nitrogen and oxygen atoms in total. The lowest BCUT2D eigenvalue weighted by Gasteiger charge is -2.36. The van der Waals surface area contributed by atoms with E-state index in [1.54, 1.807) is 6.92 Å². The van der Waals surface area contributed by atoms with E-state index in [4.69, 9.17) is 4.74 Å². The molecule has 1 aliphatic carbocycles. The first-order chi connectivity index (χ1) is 14.5. The Labute approximate surface area is 185 Å². The van der Waals surface area contributed by atoms with Crippen molar-refractivity contribution in [3.05, 3.63) is 92.7 Å². The number of carbonyl (C=O) groups is 2. The lowest BCUT2D eigenvalue weighted by molar-refractivity contribution is -0.138. The number of ether oxygens (including phenoxy) is 1. The summed E-state index contributed by atoms with van der Waals surface area (Å²) in [5, 5.41) is 3.38. The van der Waals surface area contributed by atoms with E-state index in [1.807, 2.05) is 49.4 Å². The highest BCUT2D eigenvalue weighted by Crippen LogP contribution is 2.45. The standard InChI is InChI=1S/C25H24BrNO3/c1-3-30-25(29)22-15(2)27-20-13-18(16-8-5-4-6-9-16)14-21(28)24(20)23(22)17-10-7-11-19(26)12-17/h4-12,18,23,27H,3,13-14H2,1-2H3/t18-,23-/m0/s1. The van der Waals surface area contributed by atoms with Gasteiger partial charge < -0.3 is 10.1 Å². The minimum atomic E-state index is -0.429. The van der Waals surface area contributed by atoms with Crippen molar-refractivity contribution in [2.75, 3.05) is 6.61 Å². The Kier molecular flexibility index (Phi) is 5.91. The molecule has 1 heterocycles. The lowest BCUT2D eigenvalue weighted by atomic mass is 9.72. The average Bonchev–Trinajstić information content (AvgIpc) is 2.73. The van der Waals surface area contributed by atoms with Crippen LogP contribution < -0.4 is 5.32 Å². The van der Waals surface area contributed by atoms with Crippen molar-refractivity contribution in [1.29, 1.82) is 0 Å². The van der Waals surface area contributed by atoms with Gasteiger partial charge in [-0.3, -0.25) is 4.79 Å². The summed E-state index contributed by atoms with van der Waals surface area (Å²) in [4.78, 5) is 26.3. The molecule has 0 saturated carbocycles. The second kappa shape index (κ2) is 8.60. The first-order valence-electron chi connectivity index (χ1n) is 10.2. The normalized spacial score (nSPS) is 21.2. The summed E-state index contributed by atoms with van der Waals surface area (Å²) in [5.74, 6) is -0.596. The van der Waals surface area contributed by atoms with Crippen LogP contribution in [-0.2, 0) is 14.3 Å². The third kappa shape index (κ3) is 3.86. The summed E-state index contributed by atoms with van der Waals surface area (Å²) in [5.41, 5.74) is 4.94. The van der Waals surface area contributed by atoms with Crippen LogP contribution >= 0.6 is 15.9 Å². The van der Waals surface area contributed by atoms with Gasteiger partial charge in [-0.15, -0.1) is 0 Å². The number of rotatable bonds is 4. The molecule has 0 unspecified atom stereocenters. The van der Waals surface area contributed by atoms with Crippen LogP contribution in [0.1, 0.15) is 49.7 Å². The Morgan fingerprint density at radius 3 is 2.53 bits per heavy atom. The van der Waals surface area contributed by atoms with Crippen LogP contribution in [0.5, 0.6) is 0 Å². The van der Waals surface area contributed by atoms with Gasteiger partial charge in [0.25, 0.3) is 0 Å². The number of Topliss-reactive ketones (excluding diaryl/α,β-unsaturated/α-hetero) is 1. The third-order valence-corrected chi connectivity index (χ3v) is 6.27. The Morgan fingerprint density at radius 2 is 1.83 bits per heavy atom. The molecule has 0 aromatic heterocycles. The predicted octanol–water partition coefficient (Wildman–Crippen LogP) is 5.37. The van der Waals surface area contributed by atoms with E-state index in [1.165, 1.54) is 0 Å². The number of dihydropyridines is 1. The molecule has 154 valence electrons. The monoisotopic (exact) mass is 465 g/mol. The zero-order valence-electron chi connectivity index (χ0n) is 17.1. The van der Waals surface area contributed by atoms with E-state index >= 15 is 0 Å². The minimum absolute atomic E-state index is 0.0804. The van der Waals surface area contributed by atoms with Crippen molar-refractivity contribution in [1.82, 2.24) is 5.32 Å². The van der Waals surface area contributed by atoms with E-state index in [9.17, 15) is 9.59 Å². The lowest BCUT2D eigenvalue weighted by Crippen LogP contribution is -2.36. The highest BCUT2D eigenvalue weighted by atomic mass is 79.9. The summed E-state index contributed by atoms with van der Waals surface area (Å²) < 4.78 is 6.27. The number of hydrogen-bond donors (Lipinski definition) is 1. The van der Waals surface area contributed by atoms with Crippen molar-refractivity contribution >= 4 is 27.7 Å². The largest absolute Gasteiger partial charge is 0.463 e. The molecule has 30 heavy (non-hydrogen) atoms. The summed E-state index contributed by atoms with van der Waals surface area (Å²) in [6.45, 7) is 3.97. The number of allylic oxidation sites excluding steroid dienone is 3. The van der Waals surface area contributed by atoms with Gasteiger partial charge in [0.1, 0.15) is 0 Å². The van der Waals surface area contributed by atoms with Crippen LogP contribution in [0.25, 0.3) is 0 Å². The van der Waals surface area contributed by atoms with Crippen molar-refractivity contribution < 1.29 is 14.3 Å². The number of ketones is 1. The van der Waals surface area contributed by atoms with E-state index < -0.39 is 5.92 Å². The Hall–Kier alpha value is -2.66. The van der Waals surface area contributed by atoms with Gasteiger partial charge in [0.15, 0.2) is 5.78 Å². The molecule has 0 amide bonds. The van der Waals surface area contributed by atoms with Gasteiger partial charge in [-0.25, -0.2) is 4.79 Å². The van der Waals surface area contributed by atoms with Gasteiger partial charge >= 0.3 is 5.97 Å². The second-order valence-electron chi connectivity index (χ2n) is 7.70. The molecule has 2 atom stereocenters. The second-order valence-corrected chi connectivity index (χ2v) is 8.62. The molecule has 2 aromatic rings. The number of carbonyl (C=O) groups excluding carboxylic acids is 2. The summed E-state index contributed by atoms with van der Waals surface area (Å²) >= 11 is 3.53. The topological polar surface area (TPSA) is 55.4 Å². The molecule has 1 aliphatic heterocycles. The van der Waals surface area contributed by atoms with Gasteiger partial charge in [-0.05, 0) is 49.4 Å². The number of nitrogens with one attached hydrogen (secondary N) is 1. The van der Waals surface area contributed by atoms with E-state index in [0.717, 1.165) is 33.4 Å². The average molecular weight is 466 g/mol. The highest BCUT2D eigenvalue weighted by molar-refractivity contribution is 9.10. The Bertz CT molecular complexity index is 1060. The molecule has 0 saturated heterocycles. The van der Waals surface area contributed by atoms with Crippen molar-refractivity contribution in [2.24, 2.45) is 0 Å². The SMILES string of the molecule is CCOC(=O)C1=C(C)NC2=C(C(=O)C[C@@H](c3ccccc3)C2)[C@H]1c1cccc(Br)c1. The Balaban J connectivity index is 1.81. The fourth-order valence-electron chi connectivity index (χ4n) is 4.50. The summed E-state index contributed by atoms with van der Waals surface area (Å²) in [6, 6.07) is 18.0. The van der Waals surface area contributed by atoms with Crippen LogP contribution in [0.3, 0.4) is 0 Å². The van der Waals surface area contributed by atoms with Crippen LogP contribution in [0.4, 0.5) is 0 Å². The predicted molar refractivity (Wildman–Crippen MR) is 120 cm³/mol. The van der Waals surface area contributed by atoms with Gasteiger partial charge in [-0.1, -0.05) is 58.4 Å². The molecule has 1 N–H and O–H groups in total. The molecule has 5 heteroatoms. The van der Waals surface area contributed by atoms with Crippen molar-refractivity contribution in [2.45, 2.75) is 38.5 Å². The smallest absolute Gasteiger partial charge is 0.336 e. The quantitative estimate of drug-likeness (QED) is 0.616. The maximum atomic E-state index is 13.4. The molecular weight excluding hydrogens is 442 g/mol. The van der Waals surface area contributed by atoms with E-state index in [2.05, 4.69) is 33.4 Å². The zero-order chi connectivity index (χ0) is 21.3. The van der Waals surface area contributed by atoms with Crippen LogP contribution in [-0.4, -0.2) is 18.4 Å². The summed E-state index contributed by atoms with van der Waals surface area (Å²) in [7, 11) is 0. The van der Waals surface area contributed by atoms with Crippen LogP contribution in [0.15, 0.2) is 81.6 Å². The fraction of sp³-hybridized carbons (Fsp3) is 0.280. The van der Waals surface area contributed by atoms with Crippen molar-refractivity contribution in [3.8, 4) is 0 Å². The highest BCUT2D eigenvalue weighted by Gasteiger charge is 2.41. The van der Waals surface area contributed by atoms with Crippen molar-refractivity contribution in [3.63, 3.8) is 0 Å². The number of hydrogen-bond acceptors (Lipinski definition) is 4. The third-order valence-electron chi connectivity index (χ3n) is 5.78. The van der Waals surface area contributed by atoms with Gasteiger partial charge in [0.2, 0.25) is 0 Å². The molecular formula is C25H24BrNO3. The number of esters is 1. The summed E-state index contributed by atoms with van der Waals surface area (Å²) in [6.07, 6.45) is 1.17. The fourth-order valence-corrected chi connectivity index (χ4v) is 4.92. The first kappa shape index (κ1) is 20.6. The maximum Gasteiger partial charge on any atom is 0.336 e. The number of benzene rings is 2. The Morgan fingerprint density at radius 1 is 1.10 bits per heavy atom. The maximum absolute atomic E-state index is 13.4. The number of halogens is 1. The van der Waals surface area contributed by atoms with E-state index in [-0.39, 0.29) is 24.3 Å². The van der Waals surface area contributed by atoms with Gasteiger partial charge in [0.05, 0.1) is 12.2 Å². The molecule has 2 aromatic carbocycles. The van der Waals surface area contributed by atoms with Crippen LogP contribution in [0.2, 0.25) is 0 Å². The molecule has 0 radical (unpaired) electrons. The van der Waals surface area contributed by atoms with E-state index in [0.29, 0.717) is 17.6 Å². The van der Waals surface area contributed by atoms with Gasteiger partial charge in [0, 0.05) is 33.8 Å². The van der Waals surface area contributed by atoms with Gasteiger partial charge in [-0.2, -0.15) is 0 Å². The molecule has 0 fully saturated rings. The molecule has 0 bridgehead atoms. The zero-order valence-corrected chi connectivity index (χ0v) is 18.7. The first-order valence-corrected chi connectivity index (χ1v) is 11.0. The molecule has 2 aliphatic rings. The molecule has 4 rings (SSSR count).